The molecule has 0 aliphatic carbocycles. The minimum atomic E-state index is -0.484. The first-order valence-electron chi connectivity index (χ1n) is 7.35. The second-order valence-electron chi connectivity index (χ2n) is 6.62. The van der Waals surface area contributed by atoms with Crippen molar-refractivity contribution < 1.29 is 14.3 Å². The van der Waals surface area contributed by atoms with Gasteiger partial charge in [-0.05, 0) is 32.6 Å². The van der Waals surface area contributed by atoms with Gasteiger partial charge in [0.15, 0.2) is 0 Å². The van der Waals surface area contributed by atoms with Crippen LogP contribution in [-0.2, 0) is 14.3 Å². The second kappa shape index (κ2) is 14.4. The Bertz CT molecular complexity index is 228. The summed E-state index contributed by atoms with van der Waals surface area (Å²) in [6.07, 6.45) is 1.77. The Morgan fingerprint density at radius 3 is 1.70 bits per heavy atom. The summed E-state index contributed by atoms with van der Waals surface area (Å²) >= 11 is 0. The van der Waals surface area contributed by atoms with E-state index in [0.717, 1.165) is 11.8 Å². The van der Waals surface area contributed by atoms with Crippen LogP contribution in [0.15, 0.2) is 0 Å². The fraction of sp³-hybridized carbons (Fsp3) is 0.875. The van der Waals surface area contributed by atoms with Crippen molar-refractivity contribution in [2.45, 2.75) is 74.3 Å². The van der Waals surface area contributed by atoms with Crippen molar-refractivity contribution in [2.75, 3.05) is 6.54 Å². The summed E-state index contributed by atoms with van der Waals surface area (Å²) in [5.41, 5.74) is -0.484. The van der Waals surface area contributed by atoms with Gasteiger partial charge in [0, 0.05) is 0 Å². The zero-order valence-corrected chi connectivity index (χ0v) is 14.9. The molecule has 0 aromatic heterocycles. The summed E-state index contributed by atoms with van der Waals surface area (Å²) in [5, 5.41) is 2.22. The Kier molecular flexibility index (Phi) is 17.2. The molecule has 122 valence electrons. The molecule has 0 radical (unpaired) electrons. The molecule has 0 saturated heterocycles. The molecule has 0 heterocycles. The Labute approximate surface area is 125 Å². The van der Waals surface area contributed by atoms with E-state index in [9.17, 15) is 9.59 Å². The number of nitrogens with one attached hydrogen (secondary N) is 1. The van der Waals surface area contributed by atoms with Gasteiger partial charge < -0.3 is 10.1 Å². The van der Waals surface area contributed by atoms with Crippen LogP contribution in [0.3, 0.4) is 0 Å². The molecule has 0 rings (SSSR count). The summed E-state index contributed by atoms with van der Waals surface area (Å²) in [7, 11) is 0. The molecule has 1 amide bonds. The van der Waals surface area contributed by atoms with E-state index in [-0.39, 0.29) is 6.54 Å². The van der Waals surface area contributed by atoms with Crippen LogP contribution in [0.2, 0.25) is 0 Å². The molecule has 1 N–H and O–H groups in total. The monoisotopic (exact) mass is 289 g/mol. The largest absolute Gasteiger partial charge is 0.459 e. The van der Waals surface area contributed by atoms with E-state index in [1.54, 1.807) is 20.8 Å². The van der Waals surface area contributed by atoms with Crippen LogP contribution in [-0.4, -0.2) is 24.5 Å². The van der Waals surface area contributed by atoms with Gasteiger partial charge >= 0.3 is 5.97 Å². The van der Waals surface area contributed by atoms with Gasteiger partial charge in [0.1, 0.15) is 12.1 Å². The number of hydrogen-bond donors (Lipinski definition) is 1. The predicted molar refractivity (Wildman–Crippen MR) is 85.6 cm³/mol. The van der Waals surface area contributed by atoms with E-state index >= 15 is 0 Å². The average Bonchev–Trinajstić information content (AvgIpc) is 2.24. The summed E-state index contributed by atoms with van der Waals surface area (Å²) in [5.74, 6) is 1.29. The number of rotatable bonds is 4. The molecular weight excluding hydrogens is 254 g/mol. The zero-order valence-electron chi connectivity index (χ0n) is 14.9. The number of carbonyl (C=O) groups is 2. The Balaban J connectivity index is -0.000000266. The fourth-order valence-electron chi connectivity index (χ4n) is 0.503. The topological polar surface area (TPSA) is 55.4 Å². The fourth-order valence-corrected chi connectivity index (χ4v) is 0.503. The van der Waals surface area contributed by atoms with Crippen molar-refractivity contribution in [1.29, 1.82) is 0 Å². The number of esters is 1. The first-order chi connectivity index (χ1) is 8.96. The molecule has 4 heteroatoms. The molecule has 0 atom stereocenters. The molecule has 0 aliphatic rings. The van der Waals surface area contributed by atoms with Gasteiger partial charge in [-0.1, -0.05) is 48.0 Å². The smallest absolute Gasteiger partial charge is 0.325 e. The summed E-state index contributed by atoms with van der Waals surface area (Å²) in [4.78, 5) is 20.5. The Morgan fingerprint density at radius 1 is 1.15 bits per heavy atom. The number of ether oxygens (including phenoxy) is 1. The molecule has 20 heavy (non-hydrogen) atoms. The highest BCUT2D eigenvalue weighted by Gasteiger charge is 2.15. The van der Waals surface area contributed by atoms with Gasteiger partial charge in [0.25, 0.3) is 0 Å². The van der Waals surface area contributed by atoms with E-state index < -0.39 is 11.6 Å². The molecule has 0 aromatic carbocycles. The third kappa shape index (κ3) is 43.6. The molecule has 0 aliphatic heterocycles. The molecule has 0 spiro atoms. The maximum Gasteiger partial charge on any atom is 0.325 e. The Morgan fingerprint density at radius 2 is 1.50 bits per heavy atom. The quantitative estimate of drug-likeness (QED) is 0.633. The first kappa shape index (κ1) is 24.0. The molecule has 0 aromatic rings. The van der Waals surface area contributed by atoms with Crippen molar-refractivity contribution in [3.63, 3.8) is 0 Å². The van der Waals surface area contributed by atoms with E-state index in [1.165, 1.54) is 6.42 Å². The molecule has 4 nitrogen and oxygen atoms in total. The average molecular weight is 289 g/mol. The standard InChI is InChI=1S/C7H13NO3.C5H12.C4H10/c1-7(2,3)11-6(10)4-8-5-9;1-4-5(2)3;1-4(2)3/h5H,4H2,1-3H3,(H,8,9);5H,4H2,1-3H3;4H,1-3H3. The first-order valence-corrected chi connectivity index (χ1v) is 7.35. The van der Waals surface area contributed by atoms with Gasteiger partial charge in [-0.15, -0.1) is 0 Å². The molecule has 0 saturated carbocycles. The Hall–Kier alpha value is -1.06. The number of carbonyl (C=O) groups excluding carboxylic acids is 2. The van der Waals surface area contributed by atoms with Crippen LogP contribution in [0.4, 0.5) is 0 Å². The summed E-state index contributed by atoms with van der Waals surface area (Å²) < 4.78 is 4.88. The van der Waals surface area contributed by atoms with Crippen molar-refractivity contribution in [3.8, 4) is 0 Å². The lowest BCUT2D eigenvalue weighted by Crippen LogP contribution is -2.30. The number of hydrogen-bond acceptors (Lipinski definition) is 3. The van der Waals surface area contributed by atoms with Crippen LogP contribution in [0.5, 0.6) is 0 Å². The van der Waals surface area contributed by atoms with Crippen molar-refractivity contribution in [2.24, 2.45) is 11.8 Å². The molecular formula is C16H35NO3. The van der Waals surface area contributed by atoms with Crippen LogP contribution < -0.4 is 5.32 Å². The van der Waals surface area contributed by atoms with Gasteiger partial charge in [0.05, 0.1) is 0 Å². The molecule has 0 unspecified atom stereocenters. The van der Waals surface area contributed by atoms with Crippen molar-refractivity contribution >= 4 is 12.4 Å². The van der Waals surface area contributed by atoms with Crippen LogP contribution >= 0.6 is 0 Å². The second-order valence-corrected chi connectivity index (χ2v) is 6.62. The minimum Gasteiger partial charge on any atom is -0.459 e. The van der Waals surface area contributed by atoms with Gasteiger partial charge in [-0.3, -0.25) is 9.59 Å². The van der Waals surface area contributed by atoms with Gasteiger partial charge in [-0.25, -0.2) is 0 Å². The van der Waals surface area contributed by atoms with E-state index in [2.05, 4.69) is 46.9 Å². The van der Waals surface area contributed by atoms with E-state index in [4.69, 9.17) is 4.74 Å². The summed E-state index contributed by atoms with van der Waals surface area (Å²) in [6, 6.07) is 0. The predicted octanol–water partition coefficient (Wildman–Crippen LogP) is 3.79. The minimum absolute atomic E-state index is 0.0687. The van der Waals surface area contributed by atoms with Crippen LogP contribution in [0.1, 0.15) is 68.7 Å². The maximum absolute atomic E-state index is 10.8. The molecule has 0 bridgehead atoms. The lowest BCUT2D eigenvalue weighted by molar-refractivity contribution is -0.154. The molecule has 0 fully saturated rings. The third-order valence-electron chi connectivity index (χ3n) is 1.57. The van der Waals surface area contributed by atoms with E-state index in [0.29, 0.717) is 6.41 Å². The third-order valence-corrected chi connectivity index (χ3v) is 1.57. The van der Waals surface area contributed by atoms with E-state index in [1.807, 2.05) is 0 Å². The lowest BCUT2D eigenvalue weighted by Gasteiger charge is -2.18. The highest BCUT2D eigenvalue weighted by atomic mass is 16.6. The number of amides is 1. The van der Waals surface area contributed by atoms with Crippen LogP contribution in [0, 0.1) is 11.8 Å². The van der Waals surface area contributed by atoms with Crippen molar-refractivity contribution in [1.82, 2.24) is 5.32 Å². The highest BCUT2D eigenvalue weighted by Crippen LogP contribution is 2.05. The summed E-state index contributed by atoms with van der Waals surface area (Å²) in [6.45, 7) is 18.4. The maximum atomic E-state index is 10.8. The highest BCUT2D eigenvalue weighted by molar-refractivity contribution is 5.74. The normalized spacial score (nSPS) is 9.95. The van der Waals surface area contributed by atoms with Crippen molar-refractivity contribution in [3.05, 3.63) is 0 Å². The van der Waals surface area contributed by atoms with Crippen LogP contribution in [0.25, 0.3) is 0 Å². The lowest BCUT2D eigenvalue weighted by atomic mass is 10.2. The SMILES string of the molecule is CC(C)(C)OC(=O)CNC=O.CC(C)C.CCC(C)C. The van der Waals surface area contributed by atoms with Gasteiger partial charge in [-0.2, -0.15) is 0 Å². The van der Waals surface area contributed by atoms with Gasteiger partial charge in [0.2, 0.25) is 6.41 Å². The zero-order chi connectivity index (χ0) is 16.8.